The molecular formula is C24H17Cl2N3O2S. The fourth-order valence-corrected chi connectivity index (χ4v) is 3.70. The van der Waals surface area contributed by atoms with Crippen LogP contribution in [0, 0.1) is 6.92 Å². The summed E-state index contributed by atoms with van der Waals surface area (Å²) in [4.78, 5) is 16.8. The summed E-state index contributed by atoms with van der Waals surface area (Å²) in [6, 6.07) is 18.4. The first kappa shape index (κ1) is 22.0. The van der Waals surface area contributed by atoms with Crippen LogP contribution in [0.25, 0.3) is 28.3 Å². The Morgan fingerprint density at radius 2 is 1.88 bits per heavy atom. The van der Waals surface area contributed by atoms with E-state index in [0.717, 1.165) is 22.3 Å². The van der Waals surface area contributed by atoms with Crippen molar-refractivity contribution in [3.8, 4) is 11.3 Å². The molecule has 1 amide bonds. The third-order valence-corrected chi connectivity index (χ3v) is 5.61. The SMILES string of the molecule is Cc1ccc2cccc(NC(=S)NC(=O)C=Cc3ccc(-c4cccc(Cl)c4Cl)o3)c2n1. The number of carbonyl (C=O) groups excluding carboxylic acids is 1. The van der Waals surface area contributed by atoms with Crippen molar-refractivity contribution in [1.82, 2.24) is 10.3 Å². The van der Waals surface area contributed by atoms with Gasteiger partial charge in [0.1, 0.15) is 11.5 Å². The molecule has 0 spiro atoms. The summed E-state index contributed by atoms with van der Waals surface area (Å²) >= 11 is 17.6. The number of nitrogens with one attached hydrogen (secondary N) is 2. The maximum absolute atomic E-state index is 12.3. The molecule has 0 unspecified atom stereocenters. The first-order valence-corrected chi connectivity index (χ1v) is 10.8. The normalized spacial score (nSPS) is 11.1. The van der Waals surface area contributed by atoms with Gasteiger partial charge in [0.05, 0.1) is 21.2 Å². The highest BCUT2D eigenvalue weighted by Gasteiger charge is 2.11. The number of fused-ring (bicyclic) bond motifs is 1. The minimum atomic E-state index is -0.398. The molecule has 0 radical (unpaired) electrons. The maximum atomic E-state index is 12.3. The van der Waals surface area contributed by atoms with Crippen molar-refractivity contribution in [3.05, 3.63) is 88.2 Å². The predicted octanol–water partition coefficient (Wildman–Crippen LogP) is 6.64. The van der Waals surface area contributed by atoms with Crippen molar-refractivity contribution in [2.24, 2.45) is 0 Å². The molecule has 0 aliphatic carbocycles. The van der Waals surface area contributed by atoms with E-state index in [4.69, 9.17) is 39.8 Å². The fraction of sp³-hybridized carbons (Fsp3) is 0.0417. The molecule has 0 fully saturated rings. The number of hydrogen-bond donors (Lipinski definition) is 2. The number of rotatable bonds is 4. The Morgan fingerprint density at radius 1 is 1.06 bits per heavy atom. The molecule has 2 aromatic carbocycles. The van der Waals surface area contributed by atoms with Crippen LogP contribution < -0.4 is 10.6 Å². The van der Waals surface area contributed by atoms with Crippen LogP contribution in [0.15, 0.2) is 71.2 Å². The predicted molar refractivity (Wildman–Crippen MR) is 134 cm³/mol. The zero-order valence-electron chi connectivity index (χ0n) is 16.9. The number of anilines is 1. The van der Waals surface area contributed by atoms with E-state index in [9.17, 15) is 4.79 Å². The van der Waals surface area contributed by atoms with Crippen LogP contribution in [0.2, 0.25) is 10.0 Å². The monoisotopic (exact) mass is 481 g/mol. The average Bonchev–Trinajstić information content (AvgIpc) is 3.23. The summed E-state index contributed by atoms with van der Waals surface area (Å²) < 4.78 is 5.75. The van der Waals surface area contributed by atoms with Gasteiger partial charge in [0.25, 0.3) is 0 Å². The van der Waals surface area contributed by atoms with Crippen LogP contribution in [0.5, 0.6) is 0 Å². The van der Waals surface area contributed by atoms with Crippen LogP contribution in [0.3, 0.4) is 0 Å². The zero-order chi connectivity index (χ0) is 22.7. The third-order valence-electron chi connectivity index (χ3n) is 4.59. The molecule has 4 aromatic rings. The smallest absolute Gasteiger partial charge is 0.250 e. The number of pyridine rings is 1. The second kappa shape index (κ2) is 9.53. The second-order valence-electron chi connectivity index (χ2n) is 6.91. The number of hydrogen-bond acceptors (Lipinski definition) is 4. The topological polar surface area (TPSA) is 67.2 Å². The van der Waals surface area contributed by atoms with E-state index in [2.05, 4.69) is 15.6 Å². The van der Waals surface area contributed by atoms with E-state index in [1.54, 1.807) is 36.4 Å². The first-order valence-electron chi connectivity index (χ1n) is 9.61. The summed E-state index contributed by atoms with van der Waals surface area (Å²) in [6.45, 7) is 1.92. The fourth-order valence-electron chi connectivity index (χ4n) is 3.09. The van der Waals surface area contributed by atoms with Crippen molar-refractivity contribution in [2.45, 2.75) is 6.92 Å². The zero-order valence-corrected chi connectivity index (χ0v) is 19.2. The van der Waals surface area contributed by atoms with E-state index in [-0.39, 0.29) is 5.11 Å². The van der Waals surface area contributed by atoms with Crippen LogP contribution in [-0.4, -0.2) is 16.0 Å². The standard InChI is InChI=1S/C24H17Cl2N3O2S/c1-14-8-9-15-4-2-7-19(23(15)27-14)28-24(32)29-21(30)13-11-16-10-12-20(31-16)17-5-3-6-18(25)22(17)26/h2-13H,1H3,(H2,28,29,30,32). The van der Waals surface area contributed by atoms with Crippen LogP contribution >= 0.6 is 35.4 Å². The molecule has 0 saturated heterocycles. The highest BCUT2D eigenvalue weighted by Crippen LogP contribution is 2.34. The number of halogens is 2. The Hall–Kier alpha value is -3.19. The van der Waals surface area contributed by atoms with Gasteiger partial charge < -0.3 is 9.73 Å². The number of nitrogens with zero attached hydrogens (tertiary/aromatic N) is 1. The average molecular weight is 482 g/mol. The van der Waals surface area contributed by atoms with Crippen molar-refractivity contribution in [3.63, 3.8) is 0 Å². The molecule has 0 aliphatic rings. The van der Waals surface area contributed by atoms with Gasteiger partial charge in [-0.25, -0.2) is 0 Å². The van der Waals surface area contributed by atoms with E-state index in [1.807, 2.05) is 37.3 Å². The number of aromatic nitrogens is 1. The summed E-state index contributed by atoms with van der Waals surface area (Å²) in [6.07, 6.45) is 2.88. The molecule has 160 valence electrons. The molecule has 0 aliphatic heterocycles. The number of benzene rings is 2. The summed E-state index contributed by atoms with van der Waals surface area (Å²) in [5.41, 5.74) is 3.06. The lowest BCUT2D eigenvalue weighted by atomic mass is 10.2. The Bertz CT molecular complexity index is 1360. The highest BCUT2D eigenvalue weighted by atomic mass is 35.5. The molecule has 32 heavy (non-hydrogen) atoms. The van der Waals surface area contributed by atoms with Crippen molar-refractivity contribution >= 4 is 69.1 Å². The largest absolute Gasteiger partial charge is 0.457 e. The Balaban J connectivity index is 1.41. The second-order valence-corrected chi connectivity index (χ2v) is 8.10. The molecule has 2 heterocycles. The van der Waals surface area contributed by atoms with Gasteiger partial charge in [0, 0.05) is 22.7 Å². The molecule has 2 N–H and O–H groups in total. The lowest BCUT2D eigenvalue weighted by Crippen LogP contribution is -2.32. The summed E-state index contributed by atoms with van der Waals surface area (Å²) in [5, 5.41) is 7.64. The van der Waals surface area contributed by atoms with Gasteiger partial charge in [-0.05, 0) is 61.6 Å². The van der Waals surface area contributed by atoms with Gasteiger partial charge in [-0.2, -0.15) is 0 Å². The molecular weight excluding hydrogens is 465 g/mol. The van der Waals surface area contributed by atoms with Gasteiger partial charge in [0.2, 0.25) is 5.91 Å². The quantitative estimate of drug-likeness (QED) is 0.252. The van der Waals surface area contributed by atoms with E-state index in [1.165, 1.54) is 6.08 Å². The lowest BCUT2D eigenvalue weighted by Gasteiger charge is -2.10. The Labute approximate surface area is 200 Å². The minimum absolute atomic E-state index is 0.168. The van der Waals surface area contributed by atoms with Gasteiger partial charge in [-0.15, -0.1) is 0 Å². The van der Waals surface area contributed by atoms with Crippen molar-refractivity contribution < 1.29 is 9.21 Å². The number of thiocarbonyl (C=S) groups is 1. The van der Waals surface area contributed by atoms with E-state index >= 15 is 0 Å². The van der Waals surface area contributed by atoms with Crippen molar-refractivity contribution in [1.29, 1.82) is 0 Å². The molecule has 8 heteroatoms. The summed E-state index contributed by atoms with van der Waals surface area (Å²) in [5.74, 6) is 0.637. The molecule has 0 atom stereocenters. The number of aryl methyl sites for hydroxylation is 1. The maximum Gasteiger partial charge on any atom is 0.250 e. The molecule has 5 nitrogen and oxygen atoms in total. The van der Waals surface area contributed by atoms with Crippen LogP contribution in [0.4, 0.5) is 5.69 Å². The molecule has 0 saturated carbocycles. The Morgan fingerprint density at radius 3 is 2.72 bits per heavy atom. The van der Waals surface area contributed by atoms with Crippen LogP contribution in [-0.2, 0) is 4.79 Å². The first-order chi connectivity index (χ1) is 15.4. The minimum Gasteiger partial charge on any atom is -0.457 e. The van der Waals surface area contributed by atoms with Gasteiger partial charge in [0.15, 0.2) is 5.11 Å². The molecule has 4 rings (SSSR count). The van der Waals surface area contributed by atoms with Crippen molar-refractivity contribution in [2.75, 3.05) is 5.32 Å². The lowest BCUT2D eigenvalue weighted by molar-refractivity contribution is -0.115. The van der Waals surface area contributed by atoms with Gasteiger partial charge >= 0.3 is 0 Å². The number of amides is 1. The summed E-state index contributed by atoms with van der Waals surface area (Å²) in [7, 11) is 0. The number of carbonyl (C=O) groups is 1. The number of para-hydroxylation sites is 1. The third kappa shape index (κ3) is 4.99. The van der Waals surface area contributed by atoms with Gasteiger partial charge in [-0.1, -0.05) is 47.5 Å². The van der Waals surface area contributed by atoms with E-state index in [0.29, 0.717) is 27.1 Å². The number of furan rings is 1. The van der Waals surface area contributed by atoms with E-state index < -0.39 is 5.91 Å². The van der Waals surface area contributed by atoms with Crippen LogP contribution in [0.1, 0.15) is 11.5 Å². The molecule has 2 aromatic heterocycles. The van der Waals surface area contributed by atoms with Gasteiger partial charge in [-0.3, -0.25) is 15.1 Å². The Kier molecular flexibility index (Phi) is 6.55. The molecule has 0 bridgehead atoms. The highest BCUT2D eigenvalue weighted by molar-refractivity contribution is 7.80.